The summed E-state index contributed by atoms with van der Waals surface area (Å²) >= 11 is 0. The first kappa shape index (κ1) is 17.9. The van der Waals surface area contributed by atoms with E-state index >= 15 is 0 Å². The van der Waals surface area contributed by atoms with Crippen molar-refractivity contribution in [1.82, 2.24) is 0 Å². The van der Waals surface area contributed by atoms with E-state index in [1.807, 2.05) is 78.9 Å². The summed E-state index contributed by atoms with van der Waals surface area (Å²) in [5.74, 6) is 0.904. The largest absolute Gasteiger partial charge is 0.423 e. The Labute approximate surface area is 155 Å². The third kappa shape index (κ3) is 4.60. The summed E-state index contributed by atoms with van der Waals surface area (Å²) in [5.41, 5.74) is 4.03. The Morgan fingerprint density at radius 3 is 2.08 bits per heavy atom. The molecule has 0 N–H and O–H groups in total. The van der Waals surface area contributed by atoms with Crippen LogP contribution in [0.5, 0.6) is 5.75 Å². The Balaban J connectivity index is 1.64. The molecule has 0 aromatic heterocycles. The molecule has 132 valence electrons. The van der Waals surface area contributed by atoms with Gasteiger partial charge in [0.2, 0.25) is 0 Å². The Morgan fingerprint density at radius 2 is 1.46 bits per heavy atom. The predicted octanol–water partition coefficient (Wildman–Crippen LogP) is 6.16. The van der Waals surface area contributed by atoms with Crippen LogP contribution in [-0.2, 0) is 6.42 Å². The van der Waals surface area contributed by atoms with Crippen LogP contribution in [0, 0.1) is 5.92 Å². The van der Waals surface area contributed by atoms with Crippen LogP contribution in [0.25, 0.3) is 11.1 Å². The van der Waals surface area contributed by atoms with E-state index in [0.717, 1.165) is 24.0 Å². The van der Waals surface area contributed by atoms with Gasteiger partial charge in [0.25, 0.3) is 0 Å². The maximum Gasteiger partial charge on any atom is 0.343 e. The fourth-order valence-electron chi connectivity index (χ4n) is 2.84. The maximum absolute atomic E-state index is 12.3. The van der Waals surface area contributed by atoms with Gasteiger partial charge in [0.1, 0.15) is 5.75 Å². The molecule has 0 amide bonds. The van der Waals surface area contributed by atoms with Gasteiger partial charge >= 0.3 is 5.97 Å². The highest BCUT2D eigenvalue weighted by Gasteiger charge is 2.09. The minimum absolute atomic E-state index is 0.334. The SMILES string of the molecule is CC[C@H](C)Cc1ccc(OC(=O)c2ccc(-c3ccccc3)cc2)cc1. The molecule has 26 heavy (non-hydrogen) atoms. The van der Waals surface area contributed by atoms with Crippen LogP contribution in [0.3, 0.4) is 0 Å². The van der Waals surface area contributed by atoms with Crippen molar-refractivity contribution in [2.24, 2.45) is 5.92 Å². The molecule has 0 fully saturated rings. The summed E-state index contributed by atoms with van der Waals surface area (Å²) in [6, 6.07) is 25.4. The Kier molecular flexibility index (Phi) is 5.85. The first-order chi connectivity index (χ1) is 12.7. The van der Waals surface area contributed by atoms with Crippen LogP contribution in [0.1, 0.15) is 36.2 Å². The van der Waals surface area contributed by atoms with Gasteiger partial charge in [-0.2, -0.15) is 0 Å². The number of ether oxygens (including phenoxy) is 1. The number of carbonyl (C=O) groups excluding carboxylic acids is 1. The highest BCUT2D eigenvalue weighted by atomic mass is 16.5. The number of carbonyl (C=O) groups is 1. The van der Waals surface area contributed by atoms with E-state index in [4.69, 9.17) is 4.74 Å². The standard InChI is InChI=1S/C24H24O2/c1-3-18(2)17-19-9-15-23(16-10-19)26-24(25)22-13-11-21(12-14-22)20-7-5-4-6-8-20/h4-16,18H,3,17H2,1-2H3/t18-/m0/s1. The minimum Gasteiger partial charge on any atom is -0.423 e. The summed E-state index contributed by atoms with van der Waals surface area (Å²) < 4.78 is 5.49. The van der Waals surface area contributed by atoms with E-state index in [1.54, 1.807) is 0 Å². The minimum atomic E-state index is -0.334. The van der Waals surface area contributed by atoms with E-state index < -0.39 is 0 Å². The third-order valence-corrected chi connectivity index (χ3v) is 4.64. The Morgan fingerprint density at radius 1 is 0.846 bits per heavy atom. The lowest BCUT2D eigenvalue weighted by molar-refractivity contribution is 0.0734. The predicted molar refractivity (Wildman–Crippen MR) is 106 cm³/mol. The zero-order chi connectivity index (χ0) is 18.4. The van der Waals surface area contributed by atoms with Crippen LogP contribution in [-0.4, -0.2) is 5.97 Å². The quantitative estimate of drug-likeness (QED) is 0.395. The van der Waals surface area contributed by atoms with Gasteiger partial charge in [0.15, 0.2) is 0 Å². The van der Waals surface area contributed by atoms with Gasteiger partial charge in [-0.1, -0.05) is 74.9 Å². The van der Waals surface area contributed by atoms with Crippen molar-refractivity contribution in [3.63, 3.8) is 0 Å². The zero-order valence-corrected chi connectivity index (χ0v) is 15.3. The maximum atomic E-state index is 12.3. The molecule has 3 rings (SSSR count). The molecule has 0 aliphatic rings. The van der Waals surface area contributed by atoms with E-state index in [1.165, 1.54) is 5.56 Å². The Hall–Kier alpha value is -2.87. The fraction of sp³-hybridized carbons (Fsp3) is 0.208. The Bertz CT molecular complexity index is 834. The van der Waals surface area contributed by atoms with Crippen LogP contribution in [0.15, 0.2) is 78.9 Å². The van der Waals surface area contributed by atoms with E-state index in [0.29, 0.717) is 17.2 Å². The average Bonchev–Trinajstić information content (AvgIpc) is 2.70. The number of rotatable bonds is 6. The molecule has 0 heterocycles. The first-order valence-electron chi connectivity index (χ1n) is 9.12. The monoisotopic (exact) mass is 344 g/mol. The number of hydrogen-bond donors (Lipinski definition) is 0. The van der Waals surface area contributed by atoms with Gasteiger partial charge < -0.3 is 4.74 Å². The van der Waals surface area contributed by atoms with Crippen LogP contribution in [0.4, 0.5) is 0 Å². The topological polar surface area (TPSA) is 26.3 Å². The average molecular weight is 344 g/mol. The molecule has 3 aromatic carbocycles. The third-order valence-electron chi connectivity index (χ3n) is 4.64. The van der Waals surface area contributed by atoms with Gasteiger partial charge in [-0.25, -0.2) is 4.79 Å². The lowest BCUT2D eigenvalue weighted by atomic mass is 9.99. The second-order valence-electron chi connectivity index (χ2n) is 6.69. The van der Waals surface area contributed by atoms with Crippen molar-refractivity contribution in [2.45, 2.75) is 26.7 Å². The van der Waals surface area contributed by atoms with Crippen LogP contribution < -0.4 is 4.74 Å². The highest BCUT2D eigenvalue weighted by Crippen LogP contribution is 2.21. The lowest BCUT2D eigenvalue weighted by Crippen LogP contribution is -2.08. The van der Waals surface area contributed by atoms with Crippen molar-refractivity contribution in [3.8, 4) is 16.9 Å². The molecule has 2 heteroatoms. The molecule has 0 spiro atoms. The molecule has 0 saturated heterocycles. The highest BCUT2D eigenvalue weighted by molar-refractivity contribution is 5.91. The number of benzene rings is 3. The van der Waals surface area contributed by atoms with Gasteiger partial charge in [-0.15, -0.1) is 0 Å². The second kappa shape index (κ2) is 8.48. The van der Waals surface area contributed by atoms with Crippen LogP contribution >= 0.6 is 0 Å². The normalized spacial score (nSPS) is 11.8. The summed E-state index contributed by atoms with van der Waals surface area (Å²) in [7, 11) is 0. The molecular formula is C24H24O2. The molecular weight excluding hydrogens is 320 g/mol. The summed E-state index contributed by atoms with van der Waals surface area (Å²) in [6.07, 6.45) is 2.21. The summed E-state index contributed by atoms with van der Waals surface area (Å²) in [6.45, 7) is 4.44. The molecule has 3 aromatic rings. The van der Waals surface area contributed by atoms with Crippen molar-refractivity contribution in [3.05, 3.63) is 90.0 Å². The molecule has 0 aliphatic carbocycles. The van der Waals surface area contributed by atoms with E-state index in [2.05, 4.69) is 13.8 Å². The fourth-order valence-corrected chi connectivity index (χ4v) is 2.84. The molecule has 0 saturated carbocycles. The molecule has 0 unspecified atom stereocenters. The first-order valence-corrected chi connectivity index (χ1v) is 9.12. The second-order valence-corrected chi connectivity index (χ2v) is 6.69. The molecule has 2 nitrogen and oxygen atoms in total. The molecule has 0 aliphatic heterocycles. The van der Waals surface area contributed by atoms with Crippen molar-refractivity contribution in [1.29, 1.82) is 0 Å². The van der Waals surface area contributed by atoms with Gasteiger partial charge in [-0.05, 0) is 53.3 Å². The van der Waals surface area contributed by atoms with Crippen molar-refractivity contribution in [2.75, 3.05) is 0 Å². The zero-order valence-electron chi connectivity index (χ0n) is 15.3. The molecule has 1 atom stereocenters. The smallest absolute Gasteiger partial charge is 0.343 e. The van der Waals surface area contributed by atoms with E-state index in [-0.39, 0.29) is 5.97 Å². The van der Waals surface area contributed by atoms with Crippen molar-refractivity contribution >= 4 is 5.97 Å². The molecule has 0 bridgehead atoms. The number of hydrogen-bond acceptors (Lipinski definition) is 2. The van der Waals surface area contributed by atoms with Gasteiger partial charge in [0, 0.05) is 0 Å². The van der Waals surface area contributed by atoms with E-state index in [9.17, 15) is 4.79 Å². The summed E-state index contributed by atoms with van der Waals surface area (Å²) in [4.78, 5) is 12.3. The van der Waals surface area contributed by atoms with Gasteiger partial charge in [0.05, 0.1) is 5.56 Å². The summed E-state index contributed by atoms with van der Waals surface area (Å²) in [5, 5.41) is 0. The van der Waals surface area contributed by atoms with Gasteiger partial charge in [-0.3, -0.25) is 0 Å². The molecule has 0 radical (unpaired) electrons. The lowest BCUT2D eigenvalue weighted by Gasteiger charge is -2.09. The number of esters is 1. The van der Waals surface area contributed by atoms with Crippen molar-refractivity contribution < 1.29 is 9.53 Å². The van der Waals surface area contributed by atoms with Crippen LogP contribution in [0.2, 0.25) is 0 Å².